The average Bonchev–Trinajstić information content (AvgIpc) is 2.31. The van der Waals surface area contributed by atoms with Crippen molar-refractivity contribution in [2.75, 3.05) is 7.11 Å². The van der Waals surface area contributed by atoms with Crippen molar-refractivity contribution in [3.05, 3.63) is 34.7 Å². The fourth-order valence-electron chi connectivity index (χ4n) is 1.31. The van der Waals surface area contributed by atoms with E-state index in [9.17, 15) is 10.0 Å². The number of hydrogen-bond donors (Lipinski definition) is 3. The van der Waals surface area contributed by atoms with Crippen LogP contribution in [-0.4, -0.2) is 23.4 Å². The molecule has 0 heterocycles. The smallest absolute Gasteiger partial charge is 0.256 e. The molecule has 0 saturated heterocycles. The van der Waals surface area contributed by atoms with Crippen LogP contribution in [0.4, 0.5) is 5.69 Å². The topological polar surface area (TPSA) is 71.5 Å². The molecule has 0 fully saturated rings. The number of hydrogen-bond acceptors (Lipinski definition) is 3. The van der Waals surface area contributed by atoms with Gasteiger partial charge in [0.1, 0.15) is 0 Å². The Labute approximate surface area is 102 Å². The summed E-state index contributed by atoms with van der Waals surface area (Å²) in [5.74, 6) is 0. The van der Waals surface area contributed by atoms with Crippen molar-refractivity contribution in [3.8, 4) is 0 Å². The van der Waals surface area contributed by atoms with E-state index >= 15 is 0 Å². The summed E-state index contributed by atoms with van der Waals surface area (Å²) in [7, 11) is 1.00. The first-order valence-electron chi connectivity index (χ1n) is 5.54. The summed E-state index contributed by atoms with van der Waals surface area (Å²) >= 11 is 0. The first-order chi connectivity index (χ1) is 7.95. The van der Waals surface area contributed by atoms with Crippen LogP contribution >= 0.6 is 0 Å². The molecule has 4 heteroatoms. The second-order valence-corrected chi connectivity index (χ2v) is 4.85. The van der Waals surface area contributed by atoms with Gasteiger partial charge in [0.2, 0.25) is 0 Å². The lowest BCUT2D eigenvalue weighted by atomic mass is 9.85. The Bertz CT molecular complexity index is 345. The van der Waals surface area contributed by atoms with Gasteiger partial charge in [-0.2, -0.15) is 0 Å². The Balaban J connectivity index is 0.00000121. The van der Waals surface area contributed by atoms with Gasteiger partial charge in [-0.1, -0.05) is 39.0 Å². The molecule has 1 atom stereocenters. The SMILES string of the molecule is CC(C)(C)C(O)Cc1ccccc1[NH+]=O.CO. The van der Waals surface area contributed by atoms with Crippen LogP contribution in [0.25, 0.3) is 0 Å². The Morgan fingerprint density at radius 3 is 2.24 bits per heavy atom. The lowest BCUT2D eigenvalue weighted by Crippen LogP contribution is -2.56. The Morgan fingerprint density at radius 1 is 1.24 bits per heavy atom. The van der Waals surface area contributed by atoms with Gasteiger partial charge in [-0.3, -0.25) is 0 Å². The molecule has 0 radical (unpaired) electrons. The minimum Gasteiger partial charge on any atom is -0.400 e. The summed E-state index contributed by atoms with van der Waals surface area (Å²) in [5.41, 5.74) is 1.23. The van der Waals surface area contributed by atoms with Gasteiger partial charge >= 0.3 is 0 Å². The highest BCUT2D eigenvalue weighted by Gasteiger charge is 2.24. The lowest BCUT2D eigenvalue weighted by Gasteiger charge is -2.25. The summed E-state index contributed by atoms with van der Waals surface area (Å²) in [6, 6.07) is 7.24. The van der Waals surface area contributed by atoms with E-state index in [0.29, 0.717) is 12.1 Å². The lowest BCUT2D eigenvalue weighted by molar-refractivity contribution is -0.380. The standard InChI is InChI=1S/C12H17NO2.CH4O/c1-12(2,3)11(14)8-9-6-4-5-7-10(9)13-15;1-2/h4-7,11,14H,8H2,1-3H3;2H,1H3/p+1. The van der Waals surface area contributed by atoms with Crippen molar-refractivity contribution in [2.24, 2.45) is 5.41 Å². The van der Waals surface area contributed by atoms with E-state index in [1.165, 1.54) is 0 Å². The Morgan fingerprint density at radius 2 is 1.76 bits per heavy atom. The van der Waals surface area contributed by atoms with Crippen LogP contribution in [0.1, 0.15) is 26.3 Å². The molecule has 1 unspecified atom stereocenters. The molecule has 96 valence electrons. The number of aliphatic hydroxyl groups is 2. The van der Waals surface area contributed by atoms with E-state index < -0.39 is 6.10 Å². The molecule has 0 aliphatic carbocycles. The fraction of sp³-hybridized carbons (Fsp3) is 0.538. The summed E-state index contributed by atoms with van der Waals surface area (Å²) in [6.45, 7) is 5.93. The molecule has 0 spiro atoms. The minimum atomic E-state index is -0.452. The third kappa shape index (κ3) is 5.06. The maximum atomic E-state index is 10.7. The van der Waals surface area contributed by atoms with Gasteiger partial charge in [0, 0.05) is 35.2 Å². The molecule has 0 aromatic heterocycles. The van der Waals surface area contributed by atoms with Crippen LogP contribution < -0.4 is 5.18 Å². The van der Waals surface area contributed by atoms with Crippen LogP contribution in [0.5, 0.6) is 0 Å². The molecule has 4 nitrogen and oxygen atoms in total. The van der Waals surface area contributed by atoms with Gasteiger partial charge in [0.25, 0.3) is 5.69 Å². The summed E-state index contributed by atoms with van der Waals surface area (Å²) < 4.78 is 0. The summed E-state index contributed by atoms with van der Waals surface area (Å²) in [6.07, 6.45) is 0.0431. The predicted molar refractivity (Wildman–Crippen MR) is 67.7 cm³/mol. The van der Waals surface area contributed by atoms with Gasteiger partial charge in [0.15, 0.2) is 0 Å². The molecule has 0 aliphatic heterocycles. The van der Waals surface area contributed by atoms with Crippen molar-refractivity contribution in [1.29, 1.82) is 0 Å². The Kier molecular flexibility index (Phi) is 6.61. The molecule has 0 saturated carbocycles. The first-order valence-corrected chi connectivity index (χ1v) is 5.54. The van der Waals surface area contributed by atoms with E-state index in [1.54, 1.807) is 12.1 Å². The highest BCUT2D eigenvalue weighted by Crippen LogP contribution is 2.23. The van der Waals surface area contributed by atoms with Gasteiger partial charge in [0.05, 0.1) is 6.10 Å². The summed E-state index contributed by atoms with van der Waals surface area (Å²) in [5, 5.41) is 18.8. The second kappa shape index (κ2) is 7.14. The number of para-hydroxylation sites is 1. The van der Waals surface area contributed by atoms with Gasteiger partial charge in [-0.25, -0.2) is 0 Å². The predicted octanol–water partition coefficient (Wildman–Crippen LogP) is 0.723. The number of nitroso groups, excluding NO2 is 1. The van der Waals surface area contributed by atoms with Crippen LogP contribution in [0.2, 0.25) is 0 Å². The first kappa shape index (κ1) is 15.7. The van der Waals surface area contributed by atoms with E-state index in [4.69, 9.17) is 5.11 Å². The van der Waals surface area contributed by atoms with Gasteiger partial charge in [-0.05, 0) is 5.41 Å². The fourth-order valence-corrected chi connectivity index (χ4v) is 1.31. The van der Waals surface area contributed by atoms with Crippen LogP contribution in [0.15, 0.2) is 24.3 Å². The van der Waals surface area contributed by atoms with Crippen molar-refractivity contribution in [2.45, 2.75) is 33.3 Å². The van der Waals surface area contributed by atoms with Crippen molar-refractivity contribution in [3.63, 3.8) is 0 Å². The monoisotopic (exact) mass is 240 g/mol. The van der Waals surface area contributed by atoms with Crippen LogP contribution in [0, 0.1) is 10.3 Å². The number of nitrogens with one attached hydrogen (secondary N) is 1. The molecule has 1 aromatic rings. The molecule has 1 rings (SSSR count). The average molecular weight is 240 g/mol. The molecular weight excluding hydrogens is 218 g/mol. The van der Waals surface area contributed by atoms with Crippen molar-refractivity contribution >= 4 is 5.69 Å². The van der Waals surface area contributed by atoms with E-state index in [0.717, 1.165) is 12.7 Å². The molecule has 1 aromatic carbocycles. The van der Waals surface area contributed by atoms with Crippen molar-refractivity contribution < 1.29 is 15.4 Å². The molecule has 0 aliphatic rings. The zero-order chi connectivity index (χ0) is 13.5. The third-order valence-corrected chi connectivity index (χ3v) is 2.54. The zero-order valence-electron chi connectivity index (χ0n) is 10.9. The van der Waals surface area contributed by atoms with Crippen molar-refractivity contribution in [1.82, 2.24) is 0 Å². The largest absolute Gasteiger partial charge is 0.400 e. The number of aliphatic hydroxyl groups excluding tert-OH is 2. The van der Waals surface area contributed by atoms with Gasteiger partial charge < -0.3 is 10.2 Å². The normalized spacial score (nSPS) is 12.4. The molecule has 17 heavy (non-hydrogen) atoms. The number of rotatable bonds is 3. The number of benzene rings is 1. The molecule has 0 amide bonds. The van der Waals surface area contributed by atoms with Crippen LogP contribution in [0.3, 0.4) is 0 Å². The minimum absolute atomic E-state index is 0.171. The maximum absolute atomic E-state index is 10.7. The quantitative estimate of drug-likeness (QED) is 0.729. The Hall–Kier alpha value is -1.26. The maximum Gasteiger partial charge on any atom is 0.256 e. The van der Waals surface area contributed by atoms with E-state index in [1.807, 2.05) is 38.1 Å². The van der Waals surface area contributed by atoms with E-state index in [2.05, 4.69) is 0 Å². The second-order valence-electron chi connectivity index (χ2n) is 4.85. The molecule has 3 N–H and O–H groups in total. The molecular formula is C13H22NO3+. The van der Waals surface area contributed by atoms with E-state index in [-0.39, 0.29) is 5.41 Å². The van der Waals surface area contributed by atoms with Gasteiger partial charge in [-0.15, -0.1) is 0 Å². The summed E-state index contributed by atoms with van der Waals surface area (Å²) in [4.78, 5) is 10.7. The van der Waals surface area contributed by atoms with Crippen LogP contribution in [-0.2, 0) is 6.42 Å². The highest BCUT2D eigenvalue weighted by atomic mass is 16.3. The third-order valence-electron chi connectivity index (χ3n) is 2.54. The zero-order valence-corrected chi connectivity index (χ0v) is 10.9. The highest BCUT2D eigenvalue weighted by molar-refractivity contribution is 5.38. The molecule has 0 bridgehead atoms.